The molecular weight excluding hydrogens is 217 g/mol. The molecule has 88 valence electrons. The first-order valence-electron chi connectivity index (χ1n) is 5.31. The van der Waals surface area contributed by atoms with Crippen molar-refractivity contribution in [2.24, 2.45) is 0 Å². The number of aromatic nitrogens is 1. The molecule has 1 aromatic rings. The Morgan fingerprint density at radius 1 is 1.38 bits per heavy atom. The molecule has 1 aliphatic rings. The molecule has 1 aliphatic heterocycles. The van der Waals surface area contributed by atoms with E-state index in [9.17, 15) is 13.2 Å². The maximum Gasteiger partial charge on any atom is 0.391 e. The zero-order valence-electron chi connectivity index (χ0n) is 8.74. The summed E-state index contributed by atoms with van der Waals surface area (Å²) < 4.78 is 37.0. The number of nitrogens with zero attached hydrogens (tertiary/aromatic N) is 2. The van der Waals surface area contributed by atoms with Crippen molar-refractivity contribution in [3.05, 3.63) is 24.4 Å². The molecule has 0 aromatic carbocycles. The van der Waals surface area contributed by atoms with Crippen LogP contribution in [0.25, 0.3) is 0 Å². The minimum atomic E-state index is -4.10. The highest BCUT2D eigenvalue weighted by molar-refractivity contribution is 5.40. The van der Waals surface area contributed by atoms with Crippen LogP contribution in [0.2, 0.25) is 0 Å². The van der Waals surface area contributed by atoms with E-state index >= 15 is 0 Å². The van der Waals surface area contributed by atoms with Gasteiger partial charge in [-0.1, -0.05) is 6.07 Å². The van der Waals surface area contributed by atoms with Crippen LogP contribution < -0.4 is 4.90 Å². The molecule has 0 N–H and O–H groups in total. The Kier molecular flexibility index (Phi) is 3.03. The summed E-state index contributed by atoms with van der Waals surface area (Å²) in [5.41, 5.74) is 0. The minimum absolute atomic E-state index is 0.449. The number of hydrogen-bond acceptors (Lipinski definition) is 2. The lowest BCUT2D eigenvalue weighted by Crippen LogP contribution is -2.33. The highest BCUT2D eigenvalue weighted by Gasteiger charge is 2.37. The van der Waals surface area contributed by atoms with Crippen molar-refractivity contribution in [2.75, 3.05) is 11.4 Å². The van der Waals surface area contributed by atoms with Gasteiger partial charge in [0.25, 0.3) is 0 Å². The molecule has 0 unspecified atom stereocenters. The van der Waals surface area contributed by atoms with E-state index in [1.807, 2.05) is 0 Å². The summed E-state index contributed by atoms with van der Waals surface area (Å²) in [5.74, 6) is 0.647. The molecule has 1 saturated heterocycles. The topological polar surface area (TPSA) is 16.1 Å². The maximum atomic E-state index is 12.3. The van der Waals surface area contributed by atoms with E-state index in [1.165, 1.54) is 0 Å². The van der Waals surface area contributed by atoms with E-state index in [2.05, 4.69) is 4.98 Å². The lowest BCUT2D eigenvalue weighted by Gasteiger charge is -2.26. The molecule has 0 saturated carbocycles. The average Bonchev–Trinajstić information content (AvgIpc) is 2.64. The molecule has 0 radical (unpaired) electrons. The van der Waals surface area contributed by atoms with Crippen LogP contribution in [0.1, 0.15) is 19.3 Å². The fraction of sp³-hybridized carbons (Fsp3) is 0.545. The third-order valence-corrected chi connectivity index (χ3v) is 2.79. The van der Waals surface area contributed by atoms with Gasteiger partial charge in [-0.2, -0.15) is 13.2 Å². The number of alkyl halides is 3. The lowest BCUT2D eigenvalue weighted by atomic mass is 10.1. The van der Waals surface area contributed by atoms with Crippen LogP contribution in [-0.2, 0) is 0 Å². The van der Waals surface area contributed by atoms with E-state index in [0.717, 1.165) is 6.42 Å². The van der Waals surface area contributed by atoms with Crippen LogP contribution >= 0.6 is 0 Å². The number of anilines is 1. The molecule has 0 aliphatic carbocycles. The second-order valence-corrected chi connectivity index (χ2v) is 4.00. The van der Waals surface area contributed by atoms with Crippen LogP contribution in [0.3, 0.4) is 0 Å². The number of halogens is 3. The fourth-order valence-corrected chi connectivity index (χ4v) is 2.14. The van der Waals surface area contributed by atoms with Crippen molar-refractivity contribution >= 4 is 5.82 Å². The summed E-state index contributed by atoms with van der Waals surface area (Å²) in [6, 6.07) is 4.87. The van der Waals surface area contributed by atoms with Gasteiger partial charge in [0.05, 0.1) is 6.42 Å². The van der Waals surface area contributed by atoms with Gasteiger partial charge >= 0.3 is 6.18 Å². The Bertz CT molecular complexity index is 337. The third kappa shape index (κ3) is 2.65. The van der Waals surface area contributed by atoms with E-state index in [0.29, 0.717) is 18.8 Å². The predicted molar refractivity (Wildman–Crippen MR) is 55.3 cm³/mol. The van der Waals surface area contributed by atoms with Gasteiger partial charge in [0.15, 0.2) is 0 Å². The van der Waals surface area contributed by atoms with Gasteiger partial charge in [-0.25, -0.2) is 4.98 Å². The molecule has 2 rings (SSSR count). The van der Waals surface area contributed by atoms with Gasteiger partial charge in [-0.05, 0) is 25.0 Å². The van der Waals surface area contributed by atoms with Crippen LogP contribution in [0.5, 0.6) is 0 Å². The van der Waals surface area contributed by atoms with Gasteiger partial charge in [0, 0.05) is 18.8 Å². The Morgan fingerprint density at radius 3 is 2.81 bits per heavy atom. The van der Waals surface area contributed by atoms with Gasteiger partial charge in [0.1, 0.15) is 5.82 Å². The second-order valence-electron chi connectivity index (χ2n) is 4.00. The normalized spacial score (nSPS) is 21.4. The van der Waals surface area contributed by atoms with Gasteiger partial charge in [-0.3, -0.25) is 0 Å². The van der Waals surface area contributed by atoms with Crippen LogP contribution in [-0.4, -0.2) is 23.7 Å². The fourth-order valence-electron chi connectivity index (χ4n) is 2.14. The Balaban J connectivity index is 2.10. The predicted octanol–water partition coefficient (Wildman–Crippen LogP) is 3.00. The summed E-state index contributed by atoms with van der Waals surface area (Å²) in [4.78, 5) is 5.86. The Morgan fingerprint density at radius 2 is 2.19 bits per heavy atom. The van der Waals surface area contributed by atoms with Crippen LogP contribution in [0.4, 0.5) is 19.0 Å². The number of rotatable bonds is 2. The highest BCUT2D eigenvalue weighted by Crippen LogP contribution is 2.32. The lowest BCUT2D eigenvalue weighted by molar-refractivity contribution is -0.137. The highest BCUT2D eigenvalue weighted by atomic mass is 19.4. The summed E-state index contributed by atoms with van der Waals surface area (Å²) in [7, 11) is 0. The van der Waals surface area contributed by atoms with Crippen molar-refractivity contribution in [1.29, 1.82) is 0 Å². The first-order chi connectivity index (χ1) is 7.56. The van der Waals surface area contributed by atoms with Gasteiger partial charge < -0.3 is 4.90 Å². The molecule has 0 bridgehead atoms. The van der Waals surface area contributed by atoms with Gasteiger partial charge in [0.2, 0.25) is 0 Å². The summed E-state index contributed by atoms with van der Waals surface area (Å²) in [6.45, 7) is 0.664. The van der Waals surface area contributed by atoms with Crippen LogP contribution in [0.15, 0.2) is 24.4 Å². The Hall–Kier alpha value is -1.26. The monoisotopic (exact) mass is 230 g/mol. The first kappa shape index (κ1) is 11.2. The molecule has 2 nitrogen and oxygen atoms in total. The van der Waals surface area contributed by atoms with E-state index in [1.54, 1.807) is 29.3 Å². The van der Waals surface area contributed by atoms with Crippen molar-refractivity contribution in [3.63, 3.8) is 0 Å². The summed E-state index contributed by atoms with van der Waals surface area (Å²) >= 11 is 0. The van der Waals surface area contributed by atoms with E-state index in [-0.39, 0.29) is 0 Å². The Labute approximate surface area is 92.1 Å². The quantitative estimate of drug-likeness (QED) is 0.776. The third-order valence-electron chi connectivity index (χ3n) is 2.79. The van der Waals surface area contributed by atoms with Crippen molar-refractivity contribution in [3.8, 4) is 0 Å². The smallest absolute Gasteiger partial charge is 0.353 e. The molecular formula is C11H13F3N2. The number of hydrogen-bond donors (Lipinski definition) is 0. The maximum absolute atomic E-state index is 12.3. The molecule has 1 atom stereocenters. The van der Waals surface area contributed by atoms with Crippen molar-refractivity contribution < 1.29 is 13.2 Å². The average molecular weight is 230 g/mol. The van der Waals surface area contributed by atoms with Gasteiger partial charge in [-0.15, -0.1) is 0 Å². The second kappa shape index (κ2) is 4.31. The molecule has 5 heteroatoms. The molecule has 16 heavy (non-hydrogen) atoms. The van der Waals surface area contributed by atoms with E-state index in [4.69, 9.17) is 0 Å². The summed E-state index contributed by atoms with van der Waals surface area (Å²) in [5, 5.41) is 0. The first-order valence-corrected chi connectivity index (χ1v) is 5.31. The SMILES string of the molecule is FC(F)(F)C[C@H]1CCCN1c1ccccn1. The molecule has 1 fully saturated rings. The molecule has 0 amide bonds. The largest absolute Gasteiger partial charge is 0.391 e. The zero-order valence-corrected chi connectivity index (χ0v) is 8.74. The number of pyridine rings is 1. The van der Waals surface area contributed by atoms with Crippen molar-refractivity contribution in [2.45, 2.75) is 31.5 Å². The minimum Gasteiger partial charge on any atom is -0.353 e. The van der Waals surface area contributed by atoms with Crippen molar-refractivity contribution in [1.82, 2.24) is 4.98 Å². The molecule has 0 spiro atoms. The van der Waals surface area contributed by atoms with E-state index < -0.39 is 18.6 Å². The standard InChI is InChI=1S/C11H13F3N2/c12-11(13,14)8-9-4-3-7-16(9)10-5-1-2-6-15-10/h1-2,5-6,9H,3-4,7-8H2/t9-/m1/s1. The summed E-state index contributed by atoms with van der Waals surface area (Å²) in [6.07, 6.45) is -1.84. The van der Waals surface area contributed by atoms with Crippen LogP contribution in [0, 0.1) is 0 Å². The zero-order chi connectivity index (χ0) is 11.6. The molecule has 2 heterocycles. The molecule has 1 aromatic heterocycles.